The van der Waals surface area contributed by atoms with E-state index in [0.29, 0.717) is 6.04 Å². The Bertz CT molecular complexity index is 612. The minimum Gasteiger partial charge on any atom is -0.350 e. The van der Waals surface area contributed by atoms with Crippen LogP contribution in [-0.4, -0.2) is 36.1 Å². The van der Waals surface area contributed by atoms with Crippen molar-refractivity contribution in [3.8, 4) is 0 Å². The average molecular weight is 257 g/mol. The first-order chi connectivity index (χ1) is 9.08. The molecule has 1 unspecified atom stereocenters. The largest absolute Gasteiger partial charge is 0.350 e. The lowest BCUT2D eigenvalue weighted by Crippen LogP contribution is -2.43. The molecule has 1 atom stereocenters. The fourth-order valence-electron chi connectivity index (χ4n) is 3.32. The first kappa shape index (κ1) is 12.7. The highest BCUT2D eigenvalue weighted by Gasteiger charge is 2.22. The van der Waals surface area contributed by atoms with Gasteiger partial charge < -0.3 is 14.8 Å². The van der Waals surface area contributed by atoms with Crippen LogP contribution in [0.4, 0.5) is 0 Å². The van der Waals surface area contributed by atoms with Gasteiger partial charge in [-0.05, 0) is 37.6 Å². The van der Waals surface area contributed by atoms with Crippen molar-refractivity contribution in [2.75, 3.05) is 26.7 Å². The molecule has 2 heterocycles. The monoisotopic (exact) mass is 257 g/mol. The van der Waals surface area contributed by atoms with E-state index in [-0.39, 0.29) is 0 Å². The fraction of sp³-hybridized carbons (Fsp3) is 0.500. The van der Waals surface area contributed by atoms with Gasteiger partial charge in [-0.15, -0.1) is 0 Å². The van der Waals surface area contributed by atoms with Gasteiger partial charge in [0.1, 0.15) is 0 Å². The van der Waals surface area contributed by atoms with Gasteiger partial charge in [-0.3, -0.25) is 0 Å². The Hall–Kier alpha value is -1.32. The van der Waals surface area contributed by atoms with Crippen LogP contribution in [-0.2, 0) is 7.05 Å². The molecule has 1 N–H and O–H groups in total. The summed E-state index contributed by atoms with van der Waals surface area (Å²) >= 11 is 0. The maximum Gasteiger partial charge on any atom is 0.0513 e. The molecule has 3 rings (SSSR count). The smallest absolute Gasteiger partial charge is 0.0513 e. The second kappa shape index (κ2) is 4.66. The Morgan fingerprint density at radius 1 is 1.16 bits per heavy atom. The Kier molecular flexibility index (Phi) is 3.11. The van der Waals surface area contributed by atoms with E-state index in [9.17, 15) is 0 Å². The summed E-state index contributed by atoms with van der Waals surface area (Å²) in [4.78, 5) is 2.41. The highest BCUT2D eigenvalue weighted by Crippen LogP contribution is 2.31. The maximum atomic E-state index is 3.66. The predicted molar refractivity (Wildman–Crippen MR) is 80.6 cm³/mol. The molecule has 0 saturated carbocycles. The summed E-state index contributed by atoms with van der Waals surface area (Å²) in [6.45, 7) is 7.72. The number of nitrogens with zero attached hydrogens (tertiary/aromatic N) is 2. The van der Waals surface area contributed by atoms with Gasteiger partial charge in [0.25, 0.3) is 0 Å². The van der Waals surface area contributed by atoms with E-state index in [1.165, 1.54) is 27.6 Å². The molecule has 1 aromatic carbocycles. The fourth-order valence-corrected chi connectivity index (χ4v) is 3.32. The standard InChI is InChI=1S/C16H23N3/c1-11-5-6-12(2)16-15(11)13(9-19(16)4)14-10-18(3)8-7-17-14/h5-6,9,14,17H,7-8,10H2,1-4H3. The molecule has 1 fully saturated rings. The summed E-state index contributed by atoms with van der Waals surface area (Å²) in [5.41, 5.74) is 5.57. The number of rotatable bonds is 1. The number of hydrogen-bond acceptors (Lipinski definition) is 2. The van der Waals surface area contributed by atoms with Crippen LogP contribution in [0, 0.1) is 13.8 Å². The molecule has 1 saturated heterocycles. The molecule has 1 aromatic heterocycles. The molecule has 3 nitrogen and oxygen atoms in total. The quantitative estimate of drug-likeness (QED) is 0.846. The lowest BCUT2D eigenvalue weighted by molar-refractivity contribution is 0.241. The van der Waals surface area contributed by atoms with E-state index in [1.54, 1.807) is 0 Å². The van der Waals surface area contributed by atoms with E-state index < -0.39 is 0 Å². The first-order valence-electron chi connectivity index (χ1n) is 7.05. The zero-order chi connectivity index (χ0) is 13.6. The molecule has 2 aromatic rings. The van der Waals surface area contributed by atoms with Crippen LogP contribution < -0.4 is 5.32 Å². The molecule has 0 aliphatic carbocycles. The summed E-state index contributed by atoms with van der Waals surface area (Å²) in [6.07, 6.45) is 2.31. The van der Waals surface area contributed by atoms with Crippen molar-refractivity contribution in [1.29, 1.82) is 0 Å². The Labute approximate surface area is 115 Å². The zero-order valence-corrected chi connectivity index (χ0v) is 12.3. The van der Waals surface area contributed by atoms with Crippen molar-refractivity contribution in [1.82, 2.24) is 14.8 Å². The summed E-state index contributed by atoms with van der Waals surface area (Å²) in [5, 5.41) is 5.10. The highest BCUT2D eigenvalue weighted by molar-refractivity contribution is 5.90. The van der Waals surface area contributed by atoms with Gasteiger partial charge in [-0.25, -0.2) is 0 Å². The third-order valence-corrected chi connectivity index (χ3v) is 4.32. The molecule has 0 bridgehead atoms. The number of piperazine rings is 1. The van der Waals surface area contributed by atoms with Gasteiger partial charge in [0.15, 0.2) is 0 Å². The van der Waals surface area contributed by atoms with E-state index in [2.05, 4.69) is 61.1 Å². The molecule has 0 amide bonds. The van der Waals surface area contributed by atoms with Crippen LogP contribution in [0.15, 0.2) is 18.3 Å². The Morgan fingerprint density at radius 3 is 2.63 bits per heavy atom. The van der Waals surface area contributed by atoms with Crippen molar-refractivity contribution in [2.45, 2.75) is 19.9 Å². The zero-order valence-electron chi connectivity index (χ0n) is 12.3. The number of aryl methyl sites for hydroxylation is 3. The second-order valence-electron chi connectivity index (χ2n) is 5.89. The number of hydrogen-bond donors (Lipinski definition) is 1. The van der Waals surface area contributed by atoms with Crippen molar-refractivity contribution in [3.63, 3.8) is 0 Å². The van der Waals surface area contributed by atoms with Crippen LogP contribution in [0.3, 0.4) is 0 Å². The molecule has 0 spiro atoms. The van der Waals surface area contributed by atoms with Gasteiger partial charge in [-0.1, -0.05) is 12.1 Å². The van der Waals surface area contributed by atoms with E-state index in [1.807, 2.05) is 0 Å². The van der Waals surface area contributed by atoms with Gasteiger partial charge in [0, 0.05) is 44.3 Å². The summed E-state index contributed by atoms with van der Waals surface area (Å²) in [5.74, 6) is 0. The number of benzene rings is 1. The molecule has 102 valence electrons. The van der Waals surface area contributed by atoms with Crippen LogP contribution in [0.25, 0.3) is 10.9 Å². The average Bonchev–Trinajstić information content (AvgIpc) is 2.73. The van der Waals surface area contributed by atoms with Gasteiger partial charge in [0.2, 0.25) is 0 Å². The van der Waals surface area contributed by atoms with Crippen LogP contribution >= 0.6 is 0 Å². The van der Waals surface area contributed by atoms with Crippen LogP contribution in [0.2, 0.25) is 0 Å². The molecular formula is C16H23N3. The number of aromatic nitrogens is 1. The SMILES string of the molecule is Cc1ccc(C)c2c1c(C1CN(C)CCN1)cn2C. The van der Waals surface area contributed by atoms with E-state index >= 15 is 0 Å². The molecule has 1 aliphatic rings. The van der Waals surface area contributed by atoms with E-state index in [0.717, 1.165) is 19.6 Å². The van der Waals surface area contributed by atoms with Crippen molar-refractivity contribution >= 4 is 10.9 Å². The third kappa shape index (κ3) is 2.07. The normalized spacial score (nSPS) is 21.2. The molecule has 0 radical (unpaired) electrons. The van der Waals surface area contributed by atoms with Gasteiger partial charge in [0.05, 0.1) is 5.52 Å². The van der Waals surface area contributed by atoms with Crippen LogP contribution in [0.1, 0.15) is 22.7 Å². The number of likely N-dealkylation sites (N-methyl/N-ethyl adjacent to an activating group) is 1. The van der Waals surface area contributed by atoms with Gasteiger partial charge in [-0.2, -0.15) is 0 Å². The first-order valence-corrected chi connectivity index (χ1v) is 7.05. The minimum absolute atomic E-state index is 0.447. The summed E-state index contributed by atoms with van der Waals surface area (Å²) < 4.78 is 2.28. The predicted octanol–water partition coefficient (Wildman–Crippen LogP) is 2.37. The lowest BCUT2D eigenvalue weighted by Gasteiger charge is -2.31. The van der Waals surface area contributed by atoms with Crippen molar-refractivity contribution in [3.05, 3.63) is 35.0 Å². The summed E-state index contributed by atoms with van der Waals surface area (Å²) in [6, 6.07) is 4.92. The topological polar surface area (TPSA) is 20.2 Å². The molecular weight excluding hydrogens is 234 g/mol. The number of fused-ring (bicyclic) bond motifs is 1. The van der Waals surface area contributed by atoms with E-state index in [4.69, 9.17) is 0 Å². The number of nitrogens with one attached hydrogen (secondary N) is 1. The van der Waals surface area contributed by atoms with Crippen molar-refractivity contribution < 1.29 is 0 Å². The minimum atomic E-state index is 0.447. The van der Waals surface area contributed by atoms with Crippen molar-refractivity contribution in [2.24, 2.45) is 7.05 Å². The summed E-state index contributed by atoms with van der Waals surface area (Å²) in [7, 11) is 4.36. The second-order valence-corrected chi connectivity index (χ2v) is 5.89. The Morgan fingerprint density at radius 2 is 1.89 bits per heavy atom. The highest BCUT2D eigenvalue weighted by atomic mass is 15.2. The van der Waals surface area contributed by atoms with Crippen LogP contribution in [0.5, 0.6) is 0 Å². The maximum absolute atomic E-state index is 3.66. The van der Waals surface area contributed by atoms with Gasteiger partial charge >= 0.3 is 0 Å². The molecule has 19 heavy (non-hydrogen) atoms. The lowest BCUT2D eigenvalue weighted by atomic mass is 9.99. The molecule has 3 heteroatoms. The molecule has 1 aliphatic heterocycles. The third-order valence-electron chi connectivity index (χ3n) is 4.32. The Balaban J connectivity index is 2.16.